The number of Topliss-reactive ketones (excluding diaryl/α,β-unsaturated/α-hetero) is 2. The summed E-state index contributed by atoms with van der Waals surface area (Å²) in [5, 5.41) is 46.9. The SMILES string of the molecule is CN(C)[C@@H]1C(O)=C(C(N)=O)C(=O)[C@@]2(O)C(O)=C3C(=O)c4c(O)c(NC(=O)CN5CCCC5)nc(F)c4C[C@H]3C[C@@H]12. The van der Waals surface area contributed by atoms with Crippen molar-refractivity contribution in [2.75, 3.05) is 39.0 Å². The van der Waals surface area contributed by atoms with E-state index in [4.69, 9.17) is 5.73 Å². The van der Waals surface area contributed by atoms with Crippen LogP contribution in [0, 0.1) is 17.8 Å². The van der Waals surface area contributed by atoms with Gasteiger partial charge in [-0.1, -0.05) is 0 Å². The van der Waals surface area contributed by atoms with Crippen molar-refractivity contribution in [1.82, 2.24) is 14.8 Å². The summed E-state index contributed by atoms with van der Waals surface area (Å²) in [5.41, 5.74) is 0.327. The summed E-state index contributed by atoms with van der Waals surface area (Å²) in [6.45, 7) is 1.40. The molecule has 0 bridgehead atoms. The number of nitrogens with one attached hydrogen (secondary N) is 1. The molecule has 7 N–H and O–H groups in total. The van der Waals surface area contributed by atoms with E-state index >= 15 is 4.39 Å². The molecular formula is C26H30FN5O8. The topological polar surface area (TPSA) is 207 Å². The van der Waals surface area contributed by atoms with Crippen molar-refractivity contribution in [3.05, 3.63) is 39.7 Å². The second-order valence-electron chi connectivity index (χ2n) is 10.9. The van der Waals surface area contributed by atoms with Crippen molar-refractivity contribution in [2.45, 2.75) is 37.3 Å². The van der Waals surface area contributed by atoms with E-state index in [9.17, 15) is 39.6 Å². The van der Waals surface area contributed by atoms with Gasteiger partial charge in [-0.05, 0) is 58.8 Å². The number of likely N-dealkylation sites (tertiary alicyclic amines) is 1. The van der Waals surface area contributed by atoms with Gasteiger partial charge in [0, 0.05) is 17.1 Å². The lowest BCUT2D eigenvalue weighted by molar-refractivity contribution is -0.148. The standard InChI is InChI=1S/C26H30FN5O8/c1-31(2)17-12-8-10-7-11-15(20(36)25(30-23(11)27)29-13(33)9-32-5-3-4-6-32)18(34)14(10)21(37)26(12,40)22(38)16(19(17)35)24(28)39/h10,12,17,35-37,40H,3-9H2,1-2H3,(H2,28,39)(H,29,30,33)/t10-,12-,17-,26-/m0/s1. The summed E-state index contributed by atoms with van der Waals surface area (Å²) < 4.78 is 15.2. The molecule has 1 aromatic rings. The molecule has 4 atom stereocenters. The molecule has 4 aliphatic rings. The molecule has 1 saturated heterocycles. The highest BCUT2D eigenvalue weighted by Gasteiger charge is 2.63. The van der Waals surface area contributed by atoms with Crippen LogP contribution in [0.2, 0.25) is 0 Å². The molecule has 0 radical (unpaired) electrons. The number of pyridine rings is 1. The number of carbonyl (C=O) groups excluding carboxylic acids is 4. The first-order valence-electron chi connectivity index (χ1n) is 12.9. The highest BCUT2D eigenvalue weighted by Crippen LogP contribution is 2.52. The summed E-state index contributed by atoms with van der Waals surface area (Å²) in [6.07, 6.45) is 1.43. The van der Waals surface area contributed by atoms with Crippen molar-refractivity contribution in [3.63, 3.8) is 0 Å². The Balaban J connectivity index is 1.58. The monoisotopic (exact) mass is 559 g/mol. The zero-order chi connectivity index (χ0) is 29.3. The Hall–Kier alpha value is -3.88. The third-order valence-corrected chi connectivity index (χ3v) is 8.36. The first-order valence-corrected chi connectivity index (χ1v) is 12.9. The van der Waals surface area contributed by atoms with Crippen LogP contribution in [0.1, 0.15) is 35.2 Å². The molecule has 2 amide bonds. The van der Waals surface area contributed by atoms with E-state index in [1.54, 1.807) is 0 Å². The smallest absolute Gasteiger partial charge is 0.255 e. The molecule has 1 aromatic heterocycles. The van der Waals surface area contributed by atoms with Crippen LogP contribution in [0.3, 0.4) is 0 Å². The largest absolute Gasteiger partial charge is 0.510 e. The molecule has 13 nitrogen and oxygen atoms in total. The molecule has 40 heavy (non-hydrogen) atoms. The number of aromatic hydroxyl groups is 1. The van der Waals surface area contributed by atoms with Crippen LogP contribution in [0.15, 0.2) is 22.7 Å². The summed E-state index contributed by atoms with van der Waals surface area (Å²) in [4.78, 5) is 58.5. The Morgan fingerprint density at radius 2 is 1.85 bits per heavy atom. The zero-order valence-corrected chi connectivity index (χ0v) is 21.9. The van der Waals surface area contributed by atoms with E-state index in [-0.39, 0.29) is 24.9 Å². The number of carbonyl (C=O) groups is 4. The van der Waals surface area contributed by atoms with Crippen LogP contribution >= 0.6 is 0 Å². The van der Waals surface area contributed by atoms with Crippen LogP contribution in [0.5, 0.6) is 5.75 Å². The summed E-state index contributed by atoms with van der Waals surface area (Å²) in [7, 11) is 3.02. The number of ketones is 2. The van der Waals surface area contributed by atoms with Crippen molar-refractivity contribution in [2.24, 2.45) is 17.6 Å². The van der Waals surface area contributed by atoms with Gasteiger partial charge in [-0.2, -0.15) is 9.37 Å². The van der Waals surface area contributed by atoms with Gasteiger partial charge < -0.3 is 31.5 Å². The third kappa shape index (κ3) is 3.97. The van der Waals surface area contributed by atoms with Gasteiger partial charge in [0.2, 0.25) is 17.6 Å². The minimum Gasteiger partial charge on any atom is -0.510 e. The number of rotatable bonds is 5. The summed E-state index contributed by atoms with van der Waals surface area (Å²) in [5.74, 6) is -10.8. The fourth-order valence-corrected chi connectivity index (χ4v) is 6.57. The molecule has 2 heterocycles. The average Bonchev–Trinajstić information content (AvgIpc) is 3.37. The van der Waals surface area contributed by atoms with Crippen LogP contribution in [0.4, 0.5) is 10.2 Å². The Kier molecular flexibility index (Phi) is 6.67. The molecule has 5 rings (SSSR count). The number of halogens is 1. The van der Waals surface area contributed by atoms with Gasteiger partial charge in [0.15, 0.2) is 23.0 Å². The van der Waals surface area contributed by atoms with Gasteiger partial charge in [0.25, 0.3) is 5.91 Å². The van der Waals surface area contributed by atoms with Gasteiger partial charge in [-0.15, -0.1) is 0 Å². The Morgan fingerprint density at radius 3 is 2.45 bits per heavy atom. The molecule has 0 unspecified atom stereocenters. The van der Waals surface area contributed by atoms with Gasteiger partial charge >= 0.3 is 0 Å². The molecule has 214 valence electrons. The van der Waals surface area contributed by atoms with Gasteiger partial charge in [-0.25, -0.2) is 0 Å². The highest BCUT2D eigenvalue weighted by atomic mass is 19.1. The number of nitrogens with zero attached hydrogens (tertiary/aromatic N) is 3. The number of nitrogens with two attached hydrogens (primary N) is 1. The fourth-order valence-electron chi connectivity index (χ4n) is 6.57. The van der Waals surface area contributed by atoms with E-state index in [0.29, 0.717) is 13.1 Å². The lowest BCUT2D eigenvalue weighted by Crippen LogP contribution is -2.63. The number of aliphatic hydroxyl groups excluding tert-OH is 2. The zero-order valence-electron chi connectivity index (χ0n) is 21.9. The van der Waals surface area contributed by atoms with E-state index in [1.165, 1.54) is 19.0 Å². The molecule has 1 fully saturated rings. The minimum absolute atomic E-state index is 0.0199. The van der Waals surface area contributed by atoms with Crippen LogP contribution in [-0.2, 0) is 20.8 Å². The number of fused-ring (bicyclic) bond motifs is 3. The number of likely N-dealkylation sites (N-methyl/N-ethyl adjacent to an activating group) is 1. The number of aromatic nitrogens is 1. The molecule has 0 saturated carbocycles. The van der Waals surface area contributed by atoms with Crippen molar-refractivity contribution in [3.8, 4) is 5.75 Å². The van der Waals surface area contributed by atoms with Crippen LogP contribution in [0.25, 0.3) is 0 Å². The van der Waals surface area contributed by atoms with Crippen LogP contribution in [-0.4, -0.2) is 104 Å². The van der Waals surface area contributed by atoms with E-state index in [1.807, 2.05) is 4.90 Å². The number of hydrogen-bond acceptors (Lipinski definition) is 11. The number of anilines is 1. The average molecular weight is 560 g/mol. The maximum Gasteiger partial charge on any atom is 0.255 e. The quantitative estimate of drug-likeness (QED) is 0.204. The van der Waals surface area contributed by atoms with E-state index < -0.39 is 92.6 Å². The molecule has 0 aromatic carbocycles. The predicted molar refractivity (Wildman–Crippen MR) is 136 cm³/mol. The Morgan fingerprint density at radius 1 is 1.20 bits per heavy atom. The maximum absolute atomic E-state index is 15.2. The second-order valence-corrected chi connectivity index (χ2v) is 10.9. The highest BCUT2D eigenvalue weighted by molar-refractivity contribution is 6.24. The number of aliphatic hydroxyl groups is 3. The Bertz CT molecular complexity index is 1420. The minimum atomic E-state index is -2.81. The number of allylic oxidation sites excluding steroid dienone is 1. The van der Waals surface area contributed by atoms with Gasteiger partial charge in [-0.3, -0.25) is 29.0 Å². The molecular weight excluding hydrogens is 529 g/mol. The molecule has 3 aliphatic carbocycles. The van der Waals surface area contributed by atoms with Crippen molar-refractivity contribution >= 4 is 29.2 Å². The summed E-state index contributed by atoms with van der Waals surface area (Å²) in [6, 6.07) is -1.16. The number of hydrogen-bond donors (Lipinski definition) is 6. The van der Waals surface area contributed by atoms with Gasteiger partial charge in [0.05, 0.1) is 18.2 Å². The molecule has 14 heteroatoms. The number of amides is 2. The lowest BCUT2D eigenvalue weighted by Gasteiger charge is -2.50. The molecule has 1 aliphatic heterocycles. The Labute approximate surface area is 227 Å². The maximum atomic E-state index is 15.2. The summed E-state index contributed by atoms with van der Waals surface area (Å²) >= 11 is 0. The molecule has 0 spiro atoms. The second kappa shape index (κ2) is 9.64. The van der Waals surface area contributed by atoms with E-state index in [2.05, 4.69) is 10.3 Å². The normalized spacial score (nSPS) is 28.5. The predicted octanol–water partition coefficient (Wildman–Crippen LogP) is -0.311. The van der Waals surface area contributed by atoms with Crippen LogP contribution < -0.4 is 11.1 Å². The first kappa shape index (κ1) is 27.7. The lowest BCUT2D eigenvalue weighted by atomic mass is 9.58. The first-order chi connectivity index (χ1) is 18.8. The van der Waals surface area contributed by atoms with Crippen molar-refractivity contribution in [1.29, 1.82) is 0 Å². The van der Waals surface area contributed by atoms with E-state index in [0.717, 1.165) is 12.8 Å². The third-order valence-electron chi connectivity index (χ3n) is 8.36. The van der Waals surface area contributed by atoms with Gasteiger partial charge in [0.1, 0.15) is 17.1 Å². The fraction of sp³-hybridized carbons (Fsp3) is 0.500. The van der Waals surface area contributed by atoms with Crippen molar-refractivity contribution < 1.29 is 44.0 Å². The number of primary amides is 1.